The molecule has 1 aliphatic carbocycles. The number of carbonyl (C=O) groups excluding carboxylic acids is 1. The molecule has 4 heteroatoms. The number of anilines is 1. The van der Waals surface area contributed by atoms with Crippen molar-refractivity contribution in [3.05, 3.63) is 23.8 Å². The maximum absolute atomic E-state index is 12.2. The molecule has 1 aromatic carbocycles. The number of benzene rings is 1. The largest absolute Gasteiger partial charge is 0.495 e. The highest BCUT2D eigenvalue weighted by Gasteiger charge is 2.21. The van der Waals surface area contributed by atoms with Gasteiger partial charge in [-0.05, 0) is 30.5 Å². The van der Waals surface area contributed by atoms with Gasteiger partial charge >= 0.3 is 0 Å². The average Bonchev–Trinajstić information content (AvgIpc) is 2.48. The summed E-state index contributed by atoms with van der Waals surface area (Å²) in [6.45, 7) is 0.465. The van der Waals surface area contributed by atoms with Crippen LogP contribution in [0.4, 0.5) is 5.69 Å². The van der Waals surface area contributed by atoms with Crippen LogP contribution in [0.5, 0.6) is 5.75 Å². The highest BCUT2D eigenvalue weighted by Crippen LogP contribution is 2.29. The van der Waals surface area contributed by atoms with Crippen LogP contribution in [-0.4, -0.2) is 13.0 Å². The molecule has 3 N–H and O–H groups in total. The van der Waals surface area contributed by atoms with E-state index in [0.29, 0.717) is 12.3 Å². The first-order chi connectivity index (χ1) is 9.24. The van der Waals surface area contributed by atoms with Gasteiger partial charge in [0.05, 0.1) is 12.8 Å². The number of ether oxygens (including phenoxy) is 1. The zero-order valence-corrected chi connectivity index (χ0v) is 11.4. The van der Waals surface area contributed by atoms with Crippen LogP contribution in [0, 0.1) is 5.92 Å². The molecule has 1 fully saturated rings. The van der Waals surface area contributed by atoms with Crippen molar-refractivity contribution in [1.29, 1.82) is 0 Å². The van der Waals surface area contributed by atoms with Crippen LogP contribution in [0.1, 0.15) is 37.7 Å². The summed E-state index contributed by atoms with van der Waals surface area (Å²) in [5.74, 6) is 0.929. The van der Waals surface area contributed by atoms with Crippen molar-refractivity contribution in [3.63, 3.8) is 0 Å². The second-order valence-corrected chi connectivity index (χ2v) is 5.06. The number of carbonyl (C=O) groups is 1. The highest BCUT2D eigenvalue weighted by molar-refractivity contribution is 5.94. The van der Waals surface area contributed by atoms with Crippen LogP contribution in [0.2, 0.25) is 0 Å². The number of nitrogens with one attached hydrogen (secondary N) is 1. The Morgan fingerprint density at radius 2 is 2.11 bits per heavy atom. The molecule has 0 saturated heterocycles. The predicted molar refractivity (Wildman–Crippen MR) is 76.1 cm³/mol. The number of nitrogens with two attached hydrogens (primary N) is 1. The fraction of sp³-hybridized carbons (Fsp3) is 0.533. The van der Waals surface area contributed by atoms with Gasteiger partial charge in [-0.2, -0.15) is 0 Å². The first kappa shape index (κ1) is 13.9. The van der Waals surface area contributed by atoms with Gasteiger partial charge in [0.25, 0.3) is 0 Å². The molecular weight excluding hydrogens is 240 g/mol. The van der Waals surface area contributed by atoms with Gasteiger partial charge in [-0.25, -0.2) is 0 Å². The average molecular weight is 262 g/mol. The Labute approximate surface area is 114 Å². The summed E-state index contributed by atoms with van der Waals surface area (Å²) >= 11 is 0. The third-order valence-corrected chi connectivity index (χ3v) is 3.74. The molecule has 1 aromatic rings. The van der Waals surface area contributed by atoms with Crippen LogP contribution in [-0.2, 0) is 11.3 Å². The SMILES string of the molecule is COc1cc(CN)ccc1NC(=O)C1CCCCC1. The van der Waals surface area contributed by atoms with E-state index in [1.165, 1.54) is 6.42 Å². The van der Waals surface area contributed by atoms with Gasteiger partial charge in [0.1, 0.15) is 5.75 Å². The second kappa shape index (κ2) is 6.57. The summed E-state index contributed by atoms with van der Waals surface area (Å²) in [7, 11) is 1.60. The van der Waals surface area contributed by atoms with Crippen molar-refractivity contribution in [2.24, 2.45) is 11.7 Å². The van der Waals surface area contributed by atoms with E-state index in [1.807, 2.05) is 18.2 Å². The van der Waals surface area contributed by atoms with E-state index in [9.17, 15) is 4.79 Å². The lowest BCUT2D eigenvalue weighted by atomic mass is 9.88. The van der Waals surface area contributed by atoms with Crippen molar-refractivity contribution in [2.45, 2.75) is 38.6 Å². The van der Waals surface area contributed by atoms with E-state index in [0.717, 1.165) is 36.9 Å². The van der Waals surface area contributed by atoms with Crippen LogP contribution < -0.4 is 15.8 Å². The van der Waals surface area contributed by atoms with Crippen LogP contribution >= 0.6 is 0 Å². The van der Waals surface area contributed by atoms with E-state index in [-0.39, 0.29) is 11.8 Å². The molecule has 0 unspecified atom stereocenters. The minimum Gasteiger partial charge on any atom is -0.495 e. The molecule has 0 radical (unpaired) electrons. The summed E-state index contributed by atoms with van der Waals surface area (Å²) in [5.41, 5.74) is 7.32. The van der Waals surface area contributed by atoms with E-state index in [4.69, 9.17) is 10.5 Å². The fourth-order valence-corrected chi connectivity index (χ4v) is 2.57. The smallest absolute Gasteiger partial charge is 0.227 e. The number of hydrogen-bond acceptors (Lipinski definition) is 3. The molecule has 19 heavy (non-hydrogen) atoms. The van der Waals surface area contributed by atoms with Gasteiger partial charge in [-0.1, -0.05) is 25.3 Å². The molecule has 0 aliphatic heterocycles. The molecule has 0 aromatic heterocycles. The van der Waals surface area contributed by atoms with Gasteiger partial charge in [0.15, 0.2) is 0 Å². The zero-order chi connectivity index (χ0) is 13.7. The lowest BCUT2D eigenvalue weighted by Crippen LogP contribution is -2.25. The van der Waals surface area contributed by atoms with Crippen LogP contribution in [0.3, 0.4) is 0 Å². The van der Waals surface area contributed by atoms with Crippen LogP contribution in [0.15, 0.2) is 18.2 Å². The molecule has 0 spiro atoms. The Bertz CT molecular complexity index is 440. The van der Waals surface area contributed by atoms with E-state index >= 15 is 0 Å². The molecule has 0 bridgehead atoms. The van der Waals surface area contributed by atoms with Gasteiger partial charge in [0, 0.05) is 12.5 Å². The van der Waals surface area contributed by atoms with E-state index < -0.39 is 0 Å². The van der Waals surface area contributed by atoms with E-state index in [2.05, 4.69) is 5.32 Å². The first-order valence-electron chi connectivity index (χ1n) is 6.92. The van der Waals surface area contributed by atoms with Gasteiger partial charge in [-0.3, -0.25) is 4.79 Å². The Kier molecular flexibility index (Phi) is 4.80. The highest BCUT2D eigenvalue weighted by atomic mass is 16.5. The molecule has 1 amide bonds. The van der Waals surface area contributed by atoms with E-state index in [1.54, 1.807) is 7.11 Å². The lowest BCUT2D eigenvalue weighted by Gasteiger charge is -2.21. The summed E-state index contributed by atoms with van der Waals surface area (Å²) in [6.07, 6.45) is 5.55. The van der Waals surface area contributed by atoms with Gasteiger partial charge in [-0.15, -0.1) is 0 Å². The Balaban J connectivity index is 2.07. The van der Waals surface area contributed by atoms with Gasteiger partial charge in [0.2, 0.25) is 5.91 Å². The number of rotatable bonds is 4. The topological polar surface area (TPSA) is 64.3 Å². The Morgan fingerprint density at radius 3 is 2.74 bits per heavy atom. The summed E-state index contributed by atoms with van der Waals surface area (Å²) in [6, 6.07) is 5.65. The van der Waals surface area contributed by atoms with Crippen molar-refractivity contribution < 1.29 is 9.53 Å². The summed E-state index contributed by atoms with van der Waals surface area (Å²) in [5, 5.41) is 2.98. The molecule has 4 nitrogen and oxygen atoms in total. The quantitative estimate of drug-likeness (QED) is 0.876. The minimum absolute atomic E-state index is 0.110. The molecule has 1 aliphatic rings. The molecular formula is C15H22N2O2. The van der Waals surface area contributed by atoms with Crippen molar-refractivity contribution >= 4 is 11.6 Å². The maximum atomic E-state index is 12.2. The van der Waals surface area contributed by atoms with Gasteiger partial charge < -0.3 is 15.8 Å². The fourth-order valence-electron chi connectivity index (χ4n) is 2.57. The monoisotopic (exact) mass is 262 g/mol. The zero-order valence-electron chi connectivity index (χ0n) is 11.4. The maximum Gasteiger partial charge on any atom is 0.227 e. The van der Waals surface area contributed by atoms with Crippen molar-refractivity contribution in [1.82, 2.24) is 0 Å². The third-order valence-electron chi connectivity index (χ3n) is 3.74. The molecule has 104 valence electrons. The lowest BCUT2D eigenvalue weighted by molar-refractivity contribution is -0.120. The molecule has 0 heterocycles. The number of hydrogen-bond donors (Lipinski definition) is 2. The summed E-state index contributed by atoms with van der Waals surface area (Å²) in [4.78, 5) is 12.2. The first-order valence-corrected chi connectivity index (χ1v) is 6.92. The number of methoxy groups -OCH3 is 1. The minimum atomic E-state index is 0.110. The predicted octanol–water partition coefficient (Wildman–Crippen LogP) is 2.67. The normalized spacial score (nSPS) is 16.1. The molecule has 1 saturated carbocycles. The Morgan fingerprint density at radius 1 is 1.37 bits per heavy atom. The molecule has 2 rings (SSSR count). The summed E-state index contributed by atoms with van der Waals surface area (Å²) < 4.78 is 5.31. The standard InChI is InChI=1S/C15H22N2O2/c1-19-14-9-11(10-16)7-8-13(14)17-15(18)12-5-3-2-4-6-12/h7-9,12H,2-6,10,16H2,1H3,(H,17,18). The number of amides is 1. The Hall–Kier alpha value is -1.55. The second-order valence-electron chi connectivity index (χ2n) is 5.06. The van der Waals surface area contributed by atoms with Crippen molar-refractivity contribution in [3.8, 4) is 5.75 Å². The third kappa shape index (κ3) is 3.47. The van der Waals surface area contributed by atoms with Crippen LogP contribution in [0.25, 0.3) is 0 Å². The molecule has 0 atom stereocenters. The van der Waals surface area contributed by atoms with Crippen molar-refractivity contribution in [2.75, 3.05) is 12.4 Å².